The SMILES string of the molecule is C=CCC1C(C)C1(C)CCC. The van der Waals surface area contributed by atoms with Crippen LogP contribution in [0.4, 0.5) is 0 Å². The molecule has 0 amide bonds. The lowest BCUT2D eigenvalue weighted by molar-refractivity contribution is 0.439. The van der Waals surface area contributed by atoms with Gasteiger partial charge < -0.3 is 0 Å². The minimum atomic E-state index is 0.656. The van der Waals surface area contributed by atoms with Crippen molar-refractivity contribution in [1.82, 2.24) is 0 Å². The summed E-state index contributed by atoms with van der Waals surface area (Å²) in [5.74, 6) is 1.86. The van der Waals surface area contributed by atoms with Gasteiger partial charge in [-0.2, -0.15) is 0 Å². The smallest absolute Gasteiger partial charge is 0.0263 e. The first-order chi connectivity index (χ1) is 5.16. The van der Waals surface area contributed by atoms with E-state index in [2.05, 4.69) is 33.4 Å². The molecule has 0 aliphatic heterocycles. The molecule has 0 radical (unpaired) electrons. The van der Waals surface area contributed by atoms with Gasteiger partial charge in [-0.25, -0.2) is 0 Å². The lowest BCUT2D eigenvalue weighted by Gasteiger charge is -2.07. The predicted molar refractivity (Wildman–Crippen MR) is 50.5 cm³/mol. The van der Waals surface area contributed by atoms with E-state index in [9.17, 15) is 0 Å². The predicted octanol–water partition coefficient (Wildman–Crippen LogP) is 3.63. The normalized spacial score (nSPS) is 42.1. The van der Waals surface area contributed by atoms with E-state index >= 15 is 0 Å². The van der Waals surface area contributed by atoms with E-state index in [1.165, 1.54) is 19.3 Å². The Balaban J connectivity index is 2.43. The molecule has 0 heterocycles. The molecule has 0 aromatic rings. The minimum Gasteiger partial charge on any atom is -0.103 e. The number of hydrogen-bond acceptors (Lipinski definition) is 0. The summed E-state index contributed by atoms with van der Waals surface area (Å²) in [6.07, 6.45) is 6.01. The van der Waals surface area contributed by atoms with Gasteiger partial charge in [-0.15, -0.1) is 6.58 Å². The summed E-state index contributed by atoms with van der Waals surface area (Å²) >= 11 is 0. The number of rotatable bonds is 4. The average Bonchev–Trinajstić information content (AvgIpc) is 2.43. The molecule has 0 spiro atoms. The van der Waals surface area contributed by atoms with E-state index in [0.717, 1.165) is 11.8 Å². The van der Waals surface area contributed by atoms with Crippen molar-refractivity contribution in [3.63, 3.8) is 0 Å². The van der Waals surface area contributed by atoms with Crippen LogP contribution in [0.3, 0.4) is 0 Å². The van der Waals surface area contributed by atoms with Crippen molar-refractivity contribution < 1.29 is 0 Å². The molecule has 0 nitrogen and oxygen atoms in total. The average molecular weight is 152 g/mol. The molecule has 1 fully saturated rings. The van der Waals surface area contributed by atoms with Crippen LogP contribution in [-0.2, 0) is 0 Å². The van der Waals surface area contributed by atoms with Crippen LogP contribution in [0, 0.1) is 17.3 Å². The molecule has 0 bridgehead atoms. The van der Waals surface area contributed by atoms with Crippen LogP contribution < -0.4 is 0 Å². The molecule has 0 saturated heterocycles. The zero-order valence-corrected chi connectivity index (χ0v) is 8.06. The maximum atomic E-state index is 3.80. The Morgan fingerprint density at radius 1 is 1.55 bits per heavy atom. The van der Waals surface area contributed by atoms with Crippen LogP contribution >= 0.6 is 0 Å². The summed E-state index contributed by atoms with van der Waals surface area (Å²) in [6, 6.07) is 0. The van der Waals surface area contributed by atoms with Gasteiger partial charge in [0.2, 0.25) is 0 Å². The fraction of sp³-hybridized carbons (Fsp3) is 0.818. The second-order valence-electron chi connectivity index (χ2n) is 4.18. The molecule has 11 heavy (non-hydrogen) atoms. The fourth-order valence-electron chi connectivity index (χ4n) is 2.51. The standard InChI is InChI=1S/C11H20/c1-5-7-10-9(3)11(10,4)8-6-2/h5,9-10H,1,6-8H2,2-4H3. The first-order valence-corrected chi connectivity index (χ1v) is 4.77. The Labute approximate surface area is 70.7 Å². The first kappa shape index (κ1) is 8.83. The molecule has 1 rings (SSSR count). The highest BCUT2D eigenvalue weighted by molar-refractivity contribution is 5.06. The molecule has 0 N–H and O–H groups in total. The third-order valence-electron chi connectivity index (χ3n) is 3.59. The summed E-state index contributed by atoms with van der Waals surface area (Å²) in [7, 11) is 0. The van der Waals surface area contributed by atoms with Crippen molar-refractivity contribution >= 4 is 0 Å². The molecule has 64 valence electrons. The van der Waals surface area contributed by atoms with Gasteiger partial charge in [0.1, 0.15) is 0 Å². The quantitative estimate of drug-likeness (QED) is 0.539. The van der Waals surface area contributed by atoms with Gasteiger partial charge in [-0.05, 0) is 30.1 Å². The van der Waals surface area contributed by atoms with Crippen LogP contribution in [0.1, 0.15) is 40.0 Å². The third-order valence-corrected chi connectivity index (χ3v) is 3.59. The zero-order valence-electron chi connectivity index (χ0n) is 8.06. The highest BCUT2D eigenvalue weighted by Gasteiger charge is 2.55. The highest BCUT2D eigenvalue weighted by atomic mass is 14.6. The second kappa shape index (κ2) is 3.00. The summed E-state index contributed by atoms with van der Waals surface area (Å²) in [5, 5.41) is 0. The second-order valence-corrected chi connectivity index (χ2v) is 4.18. The van der Waals surface area contributed by atoms with Gasteiger partial charge in [0.15, 0.2) is 0 Å². The monoisotopic (exact) mass is 152 g/mol. The maximum absolute atomic E-state index is 3.80. The Bertz CT molecular complexity index is 148. The van der Waals surface area contributed by atoms with Crippen LogP contribution in [0.15, 0.2) is 12.7 Å². The van der Waals surface area contributed by atoms with E-state index in [0.29, 0.717) is 5.41 Å². The van der Waals surface area contributed by atoms with Crippen LogP contribution in [0.25, 0.3) is 0 Å². The van der Waals surface area contributed by atoms with Crippen molar-refractivity contribution in [3.05, 3.63) is 12.7 Å². The summed E-state index contributed by atoms with van der Waals surface area (Å²) in [4.78, 5) is 0. The van der Waals surface area contributed by atoms with Gasteiger partial charge in [-0.1, -0.05) is 33.3 Å². The van der Waals surface area contributed by atoms with E-state index in [1.807, 2.05) is 0 Å². The maximum Gasteiger partial charge on any atom is -0.0263 e. The molecule has 0 aromatic carbocycles. The van der Waals surface area contributed by atoms with E-state index in [4.69, 9.17) is 0 Å². The third kappa shape index (κ3) is 1.36. The number of hydrogen-bond donors (Lipinski definition) is 0. The van der Waals surface area contributed by atoms with Crippen LogP contribution in [0.2, 0.25) is 0 Å². The van der Waals surface area contributed by atoms with Crippen LogP contribution in [-0.4, -0.2) is 0 Å². The Morgan fingerprint density at radius 3 is 2.64 bits per heavy atom. The molecule has 1 saturated carbocycles. The molecular formula is C11H20. The van der Waals surface area contributed by atoms with Crippen molar-refractivity contribution in [3.8, 4) is 0 Å². The Hall–Kier alpha value is -0.260. The molecule has 1 aliphatic rings. The van der Waals surface area contributed by atoms with Gasteiger partial charge in [-0.3, -0.25) is 0 Å². The summed E-state index contributed by atoms with van der Waals surface area (Å²) < 4.78 is 0. The zero-order chi connectivity index (χ0) is 8.48. The van der Waals surface area contributed by atoms with Crippen LogP contribution in [0.5, 0.6) is 0 Å². The highest BCUT2D eigenvalue weighted by Crippen LogP contribution is 2.62. The first-order valence-electron chi connectivity index (χ1n) is 4.77. The molecule has 0 aromatic heterocycles. The summed E-state index contributed by atoms with van der Waals surface area (Å²) in [6.45, 7) is 10.9. The Morgan fingerprint density at radius 2 is 2.18 bits per heavy atom. The molecule has 0 heteroatoms. The van der Waals surface area contributed by atoms with Crippen molar-refractivity contribution in [2.75, 3.05) is 0 Å². The topological polar surface area (TPSA) is 0 Å². The Kier molecular flexibility index (Phi) is 2.41. The van der Waals surface area contributed by atoms with E-state index in [-0.39, 0.29) is 0 Å². The fourth-order valence-corrected chi connectivity index (χ4v) is 2.51. The van der Waals surface area contributed by atoms with E-state index < -0.39 is 0 Å². The van der Waals surface area contributed by atoms with E-state index in [1.54, 1.807) is 0 Å². The molecule has 1 aliphatic carbocycles. The lowest BCUT2D eigenvalue weighted by Crippen LogP contribution is -1.97. The van der Waals surface area contributed by atoms with Gasteiger partial charge in [0.05, 0.1) is 0 Å². The van der Waals surface area contributed by atoms with Crippen molar-refractivity contribution in [2.45, 2.75) is 40.0 Å². The summed E-state index contributed by atoms with van der Waals surface area (Å²) in [5.41, 5.74) is 0.656. The van der Waals surface area contributed by atoms with Crippen molar-refractivity contribution in [1.29, 1.82) is 0 Å². The molecular weight excluding hydrogens is 132 g/mol. The van der Waals surface area contributed by atoms with Gasteiger partial charge in [0, 0.05) is 0 Å². The number of allylic oxidation sites excluding steroid dienone is 1. The van der Waals surface area contributed by atoms with Gasteiger partial charge >= 0.3 is 0 Å². The lowest BCUT2D eigenvalue weighted by atomic mass is 9.98. The minimum absolute atomic E-state index is 0.656. The molecule has 3 atom stereocenters. The molecule has 3 unspecified atom stereocenters. The van der Waals surface area contributed by atoms with Gasteiger partial charge in [0.25, 0.3) is 0 Å². The van der Waals surface area contributed by atoms with Crippen molar-refractivity contribution in [2.24, 2.45) is 17.3 Å². The largest absolute Gasteiger partial charge is 0.103 e.